The molecule has 0 amide bonds. The first-order chi connectivity index (χ1) is 8.19. The quantitative estimate of drug-likeness (QED) is 0.799. The van der Waals surface area contributed by atoms with Gasteiger partial charge in [0.2, 0.25) is 0 Å². The molecule has 0 radical (unpaired) electrons. The fourth-order valence-corrected chi connectivity index (χ4v) is 2.03. The maximum Gasteiger partial charge on any atom is 0.148 e. The SMILES string of the molecule is CCN1CCN(Cc2ncc(F)cc2F)CC1. The van der Waals surface area contributed by atoms with Crippen LogP contribution in [-0.4, -0.2) is 47.5 Å². The van der Waals surface area contributed by atoms with Crippen LogP contribution in [0, 0.1) is 11.6 Å². The Morgan fingerprint density at radius 1 is 1.18 bits per heavy atom. The number of halogens is 2. The van der Waals surface area contributed by atoms with Crippen molar-refractivity contribution in [1.82, 2.24) is 14.8 Å². The molecule has 1 saturated heterocycles. The van der Waals surface area contributed by atoms with Gasteiger partial charge in [-0.05, 0) is 6.54 Å². The number of pyridine rings is 1. The van der Waals surface area contributed by atoms with E-state index in [1.807, 2.05) is 0 Å². The lowest BCUT2D eigenvalue weighted by molar-refractivity contribution is 0.129. The van der Waals surface area contributed by atoms with Gasteiger partial charge in [-0.3, -0.25) is 9.88 Å². The summed E-state index contributed by atoms with van der Waals surface area (Å²) >= 11 is 0. The van der Waals surface area contributed by atoms with Gasteiger partial charge in [-0.15, -0.1) is 0 Å². The number of nitrogens with zero attached hydrogens (tertiary/aromatic N) is 3. The summed E-state index contributed by atoms with van der Waals surface area (Å²) in [6.07, 6.45) is 1.07. The second-order valence-electron chi connectivity index (χ2n) is 4.29. The number of aromatic nitrogens is 1. The van der Waals surface area contributed by atoms with E-state index in [-0.39, 0.29) is 0 Å². The molecule has 0 spiro atoms. The van der Waals surface area contributed by atoms with Crippen LogP contribution in [0.3, 0.4) is 0 Å². The fraction of sp³-hybridized carbons (Fsp3) is 0.583. The van der Waals surface area contributed by atoms with E-state index in [1.54, 1.807) is 0 Å². The van der Waals surface area contributed by atoms with Crippen LogP contribution < -0.4 is 0 Å². The third-order valence-electron chi connectivity index (χ3n) is 3.17. The van der Waals surface area contributed by atoms with Gasteiger partial charge in [0.05, 0.1) is 11.9 Å². The van der Waals surface area contributed by atoms with Crippen LogP contribution >= 0.6 is 0 Å². The molecule has 0 saturated carbocycles. The second kappa shape index (κ2) is 5.51. The summed E-state index contributed by atoms with van der Waals surface area (Å²) in [6.45, 7) is 7.47. The molecule has 1 aliphatic heterocycles. The van der Waals surface area contributed by atoms with E-state index in [0.29, 0.717) is 12.2 Å². The van der Waals surface area contributed by atoms with E-state index >= 15 is 0 Å². The first kappa shape index (κ1) is 12.4. The normalized spacial score (nSPS) is 18.5. The number of hydrogen-bond donors (Lipinski definition) is 0. The molecular weight excluding hydrogens is 224 g/mol. The van der Waals surface area contributed by atoms with Gasteiger partial charge < -0.3 is 4.90 Å². The highest BCUT2D eigenvalue weighted by atomic mass is 19.1. The van der Waals surface area contributed by atoms with Gasteiger partial charge in [0.1, 0.15) is 11.6 Å². The van der Waals surface area contributed by atoms with Gasteiger partial charge in [-0.2, -0.15) is 0 Å². The lowest BCUT2D eigenvalue weighted by atomic mass is 10.2. The molecule has 0 N–H and O–H groups in total. The van der Waals surface area contributed by atoms with Crippen LogP contribution in [0.5, 0.6) is 0 Å². The minimum Gasteiger partial charge on any atom is -0.301 e. The van der Waals surface area contributed by atoms with Gasteiger partial charge in [-0.1, -0.05) is 6.92 Å². The summed E-state index contributed by atoms with van der Waals surface area (Å²) in [4.78, 5) is 8.31. The highest BCUT2D eigenvalue weighted by Gasteiger charge is 2.17. The van der Waals surface area contributed by atoms with Crippen molar-refractivity contribution in [3.8, 4) is 0 Å². The summed E-state index contributed by atoms with van der Waals surface area (Å²) in [6, 6.07) is 0.893. The predicted octanol–water partition coefficient (Wildman–Crippen LogP) is 1.50. The van der Waals surface area contributed by atoms with Crippen molar-refractivity contribution in [3.63, 3.8) is 0 Å². The van der Waals surface area contributed by atoms with Crippen molar-refractivity contribution in [1.29, 1.82) is 0 Å². The summed E-state index contributed by atoms with van der Waals surface area (Å²) in [5, 5.41) is 0. The molecule has 1 aromatic heterocycles. The molecule has 1 aromatic rings. The lowest BCUT2D eigenvalue weighted by Crippen LogP contribution is -2.45. The highest BCUT2D eigenvalue weighted by molar-refractivity contribution is 5.08. The predicted molar refractivity (Wildman–Crippen MR) is 61.5 cm³/mol. The van der Waals surface area contributed by atoms with E-state index in [4.69, 9.17) is 0 Å². The molecule has 5 heteroatoms. The van der Waals surface area contributed by atoms with E-state index < -0.39 is 11.6 Å². The zero-order valence-electron chi connectivity index (χ0n) is 9.99. The molecule has 94 valence electrons. The molecular formula is C12H17F2N3. The Kier molecular flexibility index (Phi) is 4.02. The molecule has 0 atom stereocenters. The van der Waals surface area contributed by atoms with Crippen molar-refractivity contribution >= 4 is 0 Å². The Hall–Kier alpha value is -1.07. The Labute approximate surface area is 100 Å². The highest BCUT2D eigenvalue weighted by Crippen LogP contribution is 2.11. The van der Waals surface area contributed by atoms with Gasteiger partial charge >= 0.3 is 0 Å². The van der Waals surface area contributed by atoms with Gasteiger partial charge in [-0.25, -0.2) is 8.78 Å². The maximum absolute atomic E-state index is 13.4. The summed E-state index contributed by atoms with van der Waals surface area (Å²) in [5.41, 5.74) is 0.330. The topological polar surface area (TPSA) is 19.4 Å². The minimum atomic E-state index is -0.623. The average molecular weight is 241 g/mol. The summed E-state index contributed by atoms with van der Waals surface area (Å²) in [5.74, 6) is -1.18. The van der Waals surface area contributed by atoms with Crippen molar-refractivity contribution in [2.45, 2.75) is 13.5 Å². The molecule has 17 heavy (non-hydrogen) atoms. The standard InChI is InChI=1S/C12H17F2N3/c1-2-16-3-5-17(6-4-16)9-12-11(14)7-10(13)8-15-12/h7-8H,2-6,9H2,1H3. The van der Waals surface area contributed by atoms with E-state index in [1.165, 1.54) is 0 Å². The monoisotopic (exact) mass is 241 g/mol. The molecule has 2 heterocycles. The molecule has 0 bridgehead atoms. The third kappa shape index (κ3) is 3.20. The zero-order chi connectivity index (χ0) is 12.3. The van der Waals surface area contributed by atoms with Crippen molar-refractivity contribution in [3.05, 3.63) is 29.6 Å². The zero-order valence-corrected chi connectivity index (χ0v) is 9.99. The number of piperazine rings is 1. The Bertz CT molecular complexity index is 376. The van der Waals surface area contributed by atoms with Gasteiger partial charge in [0.25, 0.3) is 0 Å². The summed E-state index contributed by atoms with van der Waals surface area (Å²) < 4.78 is 26.1. The molecule has 1 aliphatic rings. The molecule has 3 nitrogen and oxygen atoms in total. The van der Waals surface area contributed by atoms with Crippen molar-refractivity contribution in [2.75, 3.05) is 32.7 Å². The largest absolute Gasteiger partial charge is 0.301 e. The molecule has 0 aliphatic carbocycles. The molecule has 0 unspecified atom stereocenters. The van der Waals surface area contributed by atoms with Crippen LogP contribution in [-0.2, 0) is 6.54 Å². The van der Waals surface area contributed by atoms with Crippen LogP contribution in [0.4, 0.5) is 8.78 Å². The van der Waals surface area contributed by atoms with Gasteiger partial charge in [0, 0.05) is 38.8 Å². The Balaban J connectivity index is 1.93. The Morgan fingerprint density at radius 3 is 2.41 bits per heavy atom. The lowest BCUT2D eigenvalue weighted by Gasteiger charge is -2.33. The van der Waals surface area contributed by atoms with Crippen LogP contribution in [0.25, 0.3) is 0 Å². The van der Waals surface area contributed by atoms with E-state index in [9.17, 15) is 8.78 Å². The smallest absolute Gasteiger partial charge is 0.148 e. The molecule has 0 aromatic carbocycles. The first-order valence-corrected chi connectivity index (χ1v) is 5.93. The van der Waals surface area contributed by atoms with E-state index in [0.717, 1.165) is 45.0 Å². The number of rotatable bonds is 3. The average Bonchev–Trinajstić information content (AvgIpc) is 2.34. The second-order valence-corrected chi connectivity index (χ2v) is 4.29. The summed E-state index contributed by atoms with van der Waals surface area (Å²) in [7, 11) is 0. The third-order valence-corrected chi connectivity index (χ3v) is 3.17. The van der Waals surface area contributed by atoms with Crippen molar-refractivity contribution < 1.29 is 8.78 Å². The van der Waals surface area contributed by atoms with Gasteiger partial charge in [0.15, 0.2) is 0 Å². The number of hydrogen-bond acceptors (Lipinski definition) is 3. The van der Waals surface area contributed by atoms with Crippen LogP contribution in [0.1, 0.15) is 12.6 Å². The number of likely N-dealkylation sites (N-methyl/N-ethyl adjacent to an activating group) is 1. The fourth-order valence-electron chi connectivity index (χ4n) is 2.03. The Morgan fingerprint density at radius 2 is 1.82 bits per heavy atom. The van der Waals surface area contributed by atoms with Crippen LogP contribution in [0.2, 0.25) is 0 Å². The van der Waals surface area contributed by atoms with Crippen LogP contribution in [0.15, 0.2) is 12.3 Å². The maximum atomic E-state index is 13.4. The molecule has 2 rings (SSSR count). The first-order valence-electron chi connectivity index (χ1n) is 5.93. The van der Waals surface area contributed by atoms with E-state index in [2.05, 4.69) is 21.7 Å². The van der Waals surface area contributed by atoms with Crippen molar-refractivity contribution in [2.24, 2.45) is 0 Å². The minimum absolute atomic E-state index is 0.330. The molecule has 1 fully saturated rings.